The van der Waals surface area contributed by atoms with E-state index in [0.717, 1.165) is 32.5 Å². The minimum atomic E-state index is -2.96. The molecule has 2 atom stereocenters. The molecule has 3 fully saturated rings. The van der Waals surface area contributed by atoms with Crippen molar-refractivity contribution in [3.05, 3.63) is 0 Å². The van der Waals surface area contributed by atoms with Crippen molar-refractivity contribution in [2.75, 3.05) is 51.3 Å². The average molecular weight is 345 g/mol. The Hall–Kier alpha value is -0.700. The topological polar surface area (TPSA) is 79.0 Å². The van der Waals surface area contributed by atoms with Gasteiger partial charge in [0.25, 0.3) is 0 Å². The minimum absolute atomic E-state index is 0.0266. The summed E-state index contributed by atoms with van der Waals surface area (Å²) in [4.78, 5) is 16.6. The highest BCUT2D eigenvalue weighted by Crippen LogP contribution is 2.32. The van der Waals surface area contributed by atoms with Crippen LogP contribution in [-0.2, 0) is 19.4 Å². The average Bonchev–Trinajstić information content (AvgIpc) is 3.23. The Morgan fingerprint density at radius 1 is 1.30 bits per heavy atom. The maximum atomic E-state index is 12.5. The van der Waals surface area contributed by atoms with Gasteiger partial charge in [0, 0.05) is 31.7 Å². The second-order valence-corrected chi connectivity index (χ2v) is 9.20. The Bertz CT molecular complexity index is 535. The third-order valence-electron chi connectivity index (χ3n) is 4.82. The number of likely N-dealkylation sites (N-methyl/N-ethyl adjacent to an activating group) is 1. The van der Waals surface area contributed by atoms with Crippen LogP contribution in [0, 0.1) is 0 Å². The lowest BCUT2D eigenvalue weighted by Crippen LogP contribution is -2.49. The largest absolute Gasteiger partial charge is 0.374 e. The zero-order chi connectivity index (χ0) is 16.4. The number of morpholine rings is 1. The molecule has 7 nitrogen and oxygen atoms in total. The van der Waals surface area contributed by atoms with Crippen LogP contribution in [0.2, 0.25) is 0 Å². The van der Waals surface area contributed by atoms with Gasteiger partial charge in [0.1, 0.15) is 0 Å². The lowest BCUT2D eigenvalue weighted by molar-refractivity contribution is -0.132. The van der Waals surface area contributed by atoms with Crippen molar-refractivity contribution < 1.29 is 17.9 Å². The Labute approximate surface area is 138 Å². The van der Waals surface area contributed by atoms with Crippen molar-refractivity contribution in [3.63, 3.8) is 0 Å². The van der Waals surface area contributed by atoms with E-state index in [4.69, 9.17) is 4.74 Å². The maximum absolute atomic E-state index is 12.5. The molecule has 1 saturated carbocycles. The summed E-state index contributed by atoms with van der Waals surface area (Å²) in [5.74, 6) is 0.370. The highest BCUT2D eigenvalue weighted by Gasteiger charge is 2.41. The molecule has 8 heteroatoms. The molecule has 2 saturated heterocycles. The summed E-state index contributed by atoms with van der Waals surface area (Å²) in [7, 11) is -0.898. The molecule has 3 rings (SSSR count). The zero-order valence-electron chi connectivity index (χ0n) is 13.7. The maximum Gasteiger partial charge on any atom is 0.237 e. The second-order valence-electron chi connectivity index (χ2n) is 6.97. The van der Waals surface area contributed by atoms with Gasteiger partial charge < -0.3 is 19.9 Å². The molecule has 1 aliphatic carbocycles. The number of rotatable bonds is 6. The number of hydrogen-bond donors (Lipinski definition) is 1. The van der Waals surface area contributed by atoms with Crippen molar-refractivity contribution >= 4 is 15.7 Å². The molecule has 2 heterocycles. The van der Waals surface area contributed by atoms with Crippen LogP contribution in [-0.4, -0.2) is 93.7 Å². The van der Waals surface area contributed by atoms with Crippen LogP contribution in [0.15, 0.2) is 0 Å². The SMILES string of the molecule is CN1CCOC(CNCC(=O)N(C2CC2)C2CCS(=O)(=O)C2)C1. The molecule has 2 unspecified atom stereocenters. The van der Waals surface area contributed by atoms with Crippen LogP contribution in [0.4, 0.5) is 0 Å². The number of amides is 1. The summed E-state index contributed by atoms with van der Waals surface area (Å²) in [6, 6.07) is 0.124. The number of nitrogens with zero attached hydrogens (tertiary/aromatic N) is 2. The third kappa shape index (κ3) is 4.65. The van der Waals surface area contributed by atoms with Gasteiger partial charge in [0.05, 0.1) is 30.8 Å². The van der Waals surface area contributed by atoms with Gasteiger partial charge in [-0.3, -0.25) is 4.79 Å². The monoisotopic (exact) mass is 345 g/mol. The highest BCUT2D eigenvalue weighted by molar-refractivity contribution is 7.91. The number of ether oxygens (including phenoxy) is 1. The number of hydrogen-bond acceptors (Lipinski definition) is 6. The fourth-order valence-corrected chi connectivity index (χ4v) is 5.19. The minimum Gasteiger partial charge on any atom is -0.374 e. The van der Waals surface area contributed by atoms with E-state index in [0.29, 0.717) is 13.0 Å². The van der Waals surface area contributed by atoms with Crippen LogP contribution >= 0.6 is 0 Å². The normalized spacial score (nSPS) is 31.2. The van der Waals surface area contributed by atoms with E-state index >= 15 is 0 Å². The quantitative estimate of drug-likeness (QED) is 0.671. The van der Waals surface area contributed by atoms with E-state index in [1.807, 2.05) is 4.90 Å². The number of nitrogens with one attached hydrogen (secondary N) is 1. The first-order valence-corrected chi connectivity index (χ1v) is 10.3. The molecule has 0 spiro atoms. The van der Waals surface area contributed by atoms with Crippen LogP contribution in [0.25, 0.3) is 0 Å². The molecule has 23 heavy (non-hydrogen) atoms. The van der Waals surface area contributed by atoms with E-state index in [1.165, 1.54) is 0 Å². The van der Waals surface area contributed by atoms with E-state index in [9.17, 15) is 13.2 Å². The summed E-state index contributed by atoms with van der Waals surface area (Å²) in [5.41, 5.74) is 0. The first-order chi connectivity index (χ1) is 10.9. The predicted molar refractivity (Wildman–Crippen MR) is 87.0 cm³/mol. The standard InChI is InChI=1S/C15H27N3O4S/c1-17-5-6-22-14(10-17)8-16-9-15(19)18(12-2-3-12)13-4-7-23(20,21)11-13/h12-14,16H,2-11H2,1H3. The number of carbonyl (C=O) groups excluding carboxylic acids is 1. The Balaban J connectivity index is 1.47. The van der Waals surface area contributed by atoms with Crippen LogP contribution in [0.5, 0.6) is 0 Å². The number of carbonyl (C=O) groups is 1. The van der Waals surface area contributed by atoms with Gasteiger partial charge >= 0.3 is 0 Å². The predicted octanol–water partition coefficient (Wildman–Crippen LogP) is -0.915. The van der Waals surface area contributed by atoms with Gasteiger partial charge in [0.2, 0.25) is 5.91 Å². The fraction of sp³-hybridized carbons (Fsp3) is 0.933. The highest BCUT2D eigenvalue weighted by atomic mass is 32.2. The summed E-state index contributed by atoms with van der Waals surface area (Å²) in [6.45, 7) is 3.45. The Morgan fingerprint density at radius 3 is 2.70 bits per heavy atom. The van der Waals surface area contributed by atoms with E-state index in [1.54, 1.807) is 0 Å². The smallest absolute Gasteiger partial charge is 0.237 e. The van der Waals surface area contributed by atoms with Gasteiger partial charge in [-0.25, -0.2) is 8.42 Å². The van der Waals surface area contributed by atoms with Crippen molar-refractivity contribution in [1.29, 1.82) is 0 Å². The molecule has 0 bridgehead atoms. The van der Waals surface area contributed by atoms with E-state index in [2.05, 4.69) is 17.3 Å². The van der Waals surface area contributed by atoms with Gasteiger partial charge in [-0.05, 0) is 26.3 Å². The summed E-state index contributed by atoms with van der Waals surface area (Å²) in [6.07, 6.45) is 2.70. The first-order valence-electron chi connectivity index (χ1n) is 8.47. The summed E-state index contributed by atoms with van der Waals surface area (Å²) < 4.78 is 29.0. The Kier molecular flexibility index (Phi) is 5.25. The fourth-order valence-electron chi connectivity index (χ4n) is 3.47. The molecule has 3 aliphatic rings. The van der Waals surface area contributed by atoms with Crippen molar-refractivity contribution in [2.24, 2.45) is 0 Å². The van der Waals surface area contributed by atoms with Gasteiger partial charge in [0.15, 0.2) is 9.84 Å². The van der Waals surface area contributed by atoms with Crippen molar-refractivity contribution in [3.8, 4) is 0 Å². The van der Waals surface area contributed by atoms with E-state index < -0.39 is 9.84 Å². The molecule has 1 N–H and O–H groups in total. The molecule has 2 aliphatic heterocycles. The molecule has 0 aromatic rings. The second kappa shape index (κ2) is 7.04. The van der Waals surface area contributed by atoms with Crippen molar-refractivity contribution in [2.45, 2.75) is 37.5 Å². The molecular weight excluding hydrogens is 318 g/mol. The van der Waals surface area contributed by atoms with Gasteiger partial charge in [-0.1, -0.05) is 0 Å². The first kappa shape index (κ1) is 17.1. The van der Waals surface area contributed by atoms with Gasteiger partial charge in [-0.15, -0.1) is 0 Å². The molecule has 0 aromatic heterocycles. The van der Waals surface area contributed by atoms with Crippen LogP contribution in [0.3, 0.4) is 0 Å². The van der Waals surface area contributed by atoms with Gasteiger partial charge in [-0.2, -0.15) is 0 Å². The molecular formula is C15H27N3O4S. The third-order valence-corrected chi connectivity index (χ3v) is 6.57. The Morgan fingerprint density at radius 2 is 2.09 bits per heavy atom. The molecule has 1 amide bonds. The molecule has 132 valence electrons. The summed E-state index contributed by atoms with van der Waals surface area (Å²) >= 11 is 0. The van der Waals surface area contributed by atoms with Crippen LogP contribution < -0.4 is 5.32 Å². The lowest BCUT2D eigenvalue weighted by atomic mass is 10.2. The van der Waals surface area contributed by atoms with E-state index in [-0.39, 0.29) is 42.1 Å². The van der Waals surface area contributed by atoms with Crippen molar-refractivity contribution in [1.82, 2.24) is 15.1 Å². The lowest BCUT2D eigenvalue weighted by Gasteiger charge is -2.31. The molecule has 0 radical (unpaired) electrons. The zero-order valence-corrected chi connectivity index (χ0v) is 14.6. The molecule has 0 aromatic carbocycles. The summed E-state index contributed by atoms with van der Waals surface area (Å²) in [5, 5.41) is 3.19. The number of sulfone groups is 1. The van der Waals surface area contributed by atoms with Crippen LogP contribution in [0.1, 0.15) is 19.3 Å².